The summed E-state index contributed by atoms with van der Waals surface area (Å²) in [7, 11) is -3.86. The summed E-state index contributed by atoms with van der Waals surface area (Å²) in [6.07, 6.45) is 2.81. The molecule has 0 aliphatic carbocycles. The lowest BCUT2D eigenvalue weighted by molar-refractivity contribution is -0.121. The van der Waals surface area contributed by atoms with E-state index in [9.17, 15) is 22.4 Å². The van der Waals surface area contributed by atoms with Gasteiger partial charge in [0.15, 0.2) is 0 Å². The smallest absolute Gasteiger partial charge is 0.263 e. The minimum absolute atomic E-state index is 0.00405. The van der Waals surface area contributed by atoms with Crippen molar-refractivity contribution in [2.75, 3.05) is 13.1 Å². The summed E-state index contributed by atoms with van der Waals surface area (Å²) in [5, 5.41) is 2.71. The highest BCUT2D eigenvalue weighted by Gasteiger charge is 2.33. The summed E-state index contributed by atoms with van der Waals surface area (Å²) in [5.41, 5.74) is 0.147. The van der Waals surface area contributed by atoms with Crippen LogP contribution in [0.5, 0.6) is 0 Å². The van der Waals surface area contributed by atoms with E-state index < -0.39 is 21.5 Å². The molecule has 0 atom stereocenters. The average molecular weight is 493 g/mol. The Hall–Kier alpha value is -2.63. The molecule has 1 saturated heterocycles. The van der Waals surface area contributed by atoms with Crippen LogP contribution in [-0.4, -0.2) is 41.3 Å². The number of hydrogen-bond donors (Lipinski definition) is 1. The van der Waals surface area contributed by atoms with E-state index in [0.717, 1.165) is 28.7 Å². The highest BCUT2D eigenvalue weighted by Crippen LogP contribution is 2.34. The van der Waals surface area contributed by atoms with Crippen molar-refractivity contribution in [3.8, 4) is 0 Å². The second-order valence-corrected chi connectivity index (χ2v) is 11.4. The number of aryl methyl sites for hydroxylation is 1. The number of piperidine rings is 1. The molecule has 1 amide bonds. The molecule has 1 N–H and O–H groups in total. The number of amides is 1. The van der Waals surface area contributed by atoms with Crippen LogP contribution < -0.4 is 10.9 Å². The van der Waals surface area contributed by atoms with E-state index in [2.05, 4.69) is 17.2 Å². The molecule has 11 heteroatoms. The van der Waals surface area contributed by atoms with Gasteiger partial charge in [0.1, 0.15) is 22.1 Å². The predicted molar refractivity (Wildman–Crippen MR) is 124 cm³/mol. The fourth-order valence-electron chi connectivity index (χ4n) is 3.90. The number of rotatable bonds is 6. The molecule has 0 radical (unpaired) electrons. The Bertz CT molecular complexity index is 1340. The van der Waals surface area contributed by atoms with Crippen LogP contribution in [0.4, 0.5) is 4.39 Å². The van der Waals surface area contributed by atoms with Gasteiger partial charge in [0.25, 0.3) is 5.56 Å². The molecular weight excluding hydrogens is 467 g/mol. The number of carbonyl (C=O) groups is 1. The summed E-state index contributed by atoms with van der Waals surface area (Å²) in [4.78, 5) is 30.7. The Kier molecular flexibility index (Phi) is 6.64. The number of sulfonamides is 1. The molecular formula is C22H25FN4O4S2. The van der Waals surface area contributed by atoms with Crippen molar-refractivity contribution >= 4 is 37.5 Å². The Morgan fingerprint density at radius 3 is 2.58 bits per heavy atom. The van der Waals surface area contributed by atoms with Gasteiger partial charge >= 0.3 is 0 Å². The van der Waals surface area contributed by atoms with Crippen LogP contribution in [0.25, 0.3) is 10.2 Å². The maximum absolute atomic E-state index is 13.4. The standard InChI is InChI=1S/C22H25FN4O4S2/c1-14-7-9-27(10-8-14)33(30,31)20-15(2)32-21-19(20)22(29)26(13-25-21)12-18(28)24-11-16-3-5-17(23)6-4-16/h3-6,13-14H,7-12H2,1-2H3,(H,24,28). The molecule has 4 rings (SSSR count). The zero-order chi connectivity index (χ0) is 23.8. The molecule has 2 aromatic heterocycles. The van der Waals surface area contributed by atoms with Crippen molar-refractivity contribution in [2.45, 2.75) is 44.7 Å². The van der Waals surface area contributed by atoms with Gasteiger partial charge in [0.2, 0.25) is 15.9 Å². The van der Waals surface area contributed by atoms with Crippen molar-refractivity contribution in [2.24, 2.45) is 5.92 Å². The maximum atomic E-state index is 13.4. The first kappa shape index (κ1) is 23.5. The van der Waals surface area contributed by atoms with Crippen LogP contribution in [0.15, 0.2) is 40.3 Å². The van der Waals surface area contributed by atoms with Crippen LogP contribution in [0, 0.1) is 18.7 Å². The quantitative estimate of drug-likeness (QED) is 0.570. The third-order valence-corrected chi connectivity index (χ3v) is 9.07. The molecule has 0 bridgehead atoms. The SMILES string of the molecule is Cc1sc2ncn(CC(=O)NCc3ccc(F)cc3)c(=O)c2c1S(=O)(=O)N1CCC(C)CC1. The normalized spacial score (nSPS) is 15.7. The average Bonchev–Trinajstić information content (AvgIpc) is 3.13. The Morgan fingerprint density at radius 1 is 1.24 bits per heavy atom. The van der Waals surface area contributed by atoms with Gasteiger partial charge in [-0.05, 0) is 43.4 Å². The Labute approximate surface area is 195 Å². The summed E-state index contributed by atoms with van der Waals surface area (Å²) in [5.74, 6) is -0.347. The highest BCUT2D eigenvalue weighted by molar-refractivity contribution is 7.89. The van der Waals surface area contributed by atoms with Crippen molar-refractivity contribution < 1.29 is 17.6 Å². The number of benzene rings is 1. The zero-order valence-electron chi connectivity index (χ0n) is 18.4. The van der Waals surface area contributed by atoms with Gasteiger partial charge in [-0.1, -0.05) is 19.1 Å². The van der Waals surface area contributed by atoms with Gasteiger partial charge in [-0.15, -0.1) is 11.3 Å². The lowest BCUT2D eigenvalue weighted by Crippen LogP contribution is -2.38. The molecule has 1 aliphatic rings. The van der Waals surface area contributed by atoms with Crippen LogP contribution in [0.2, 0.25) is 0 Å². The minimum atomic E-state index is -3.86. The largest absolute Gasteiger partial charge is 0.350 e. The molecule has 0 unspecified atom stereocenters. The summed E-state index contributed by atoms with van der Waals surface area (Å²) < 4.78 is 42.4. The van der Waals surface area contributed by atoms with Gasteiger partial charge in [-0.25, -0.2) is 17.8 Å². The van der Waals surface area contributed by atoms with Crippen LogP contribution in [0.3, 0.4) is 0 Å². The predicted octanol–water partition coefficient (Wildman–Crippen LogP) is 2.64. The maximum Gasteiger partial charge on any atom is 0.263 e. The van der Waals surface area contributed by atoms with Gasteiger partial charge in [0, 0.05) is 24.5 Å². The van der Waals surface area contributed by atoms with E-state index in [4.69, 9.17) is 0 Å². The number of thiophene rings is 1. The molecule has 0 saturated carbocycles. The molecule has 3 heterocycles. The number of nitrogens with zero attached hydrogens (tertiary/aromatic N) is 3. The molecule has 33 heavy (non-hydrogen) atoms. The first-order valence-corrected chi connectivity index (χ1v) is 12.9. The second-order valence-electron chi connectivity index (χ2n) is 8.33. The van der Waals surface area contributed by atoms with E-state index in [1.165, 1.54) is 22.8 Å². The lowest BCUT2D eigenvalue weighted by Gasteiger charge is -2.29. The van der Waals surface area contributed by atoms with Crippen molar-refractivity contribution in [1.82, 2.24) is 19.2 Å². The summed E-state index contributed by atoms with van der Waals surface area (Å²) in [6.45, 7) is 4.47. The number of nitrogens with one attached hydrogen (secondary N) is 1. The van der Waals surface area contributed by atoms with Gasteiger partial charge in [0.05, 0.1) is 11.7 Å². The number of carbonyl (C=O) groups excluding carboxylic acids is 1. The van der Waals surface area contributed by atoms with E-state index in [-0.39, 0.29) is 29.2 Å². The van der Waals surface area contributed by atoms with Gasteiger partial charge < -0.3 is 5.32 Å². The molecule has 0 spiro atoms. The molecule has 1 fully saturated rings. The topological polar surface area (TPSA) is 101 Å². The van der Waals surface area contributed by atoms with Crippen molar-refractivity contribution in [3.05, 3.63) is 57.2 Å². The molecule has 1 aromatic carbocycles. The Balaban J connectivity index is 1.60. The number of halogens is 1. The zero-order valence-corrected chi connectivity index (χ0v) is 20.0. The first-order chi connectivity index (χ1) is 15.7. The van der Waals surface area contributed by atoms with E-state index >= 15 is 0 Å². The van der Waals surface area contributed by atoms with Crippen molar-refractivity contribution in [1.29, 1.82) is 0 Å². The second kappa shape index (κ2) is 9.32. The minimum Gasteiger partial charge on any atom is -0.350 e. The molecule has 3 aromatic rings. The molecule has 1 aliphatic heterocycles. The van der Waals surface area contributed by atoms with Crippen LogP contribution in [-0.2, 0) is 27.9 Å². The fourth-order valence-corrected chi connectivity index (χ4v) is 7.04. The molecule has 176 valence electrons. The number of hydrogen-bond acceptors (Lipinski definition) is 6. The number of aromatic nitrogens is 2. The lowest BCUT2D eigenvalue weighted by atomic mass is 10.0. The van der Waals surface area contributed by atoms with Crippen molar-refractivity contribution in [3.63, 3.8) is 0 Å². The van der Waals surface area contributed by atoms with E-state index in [1.54, 1.807) is 19.1 Å². The fraction of sp³-hybridized carbons (Fsp3) is 0.409. The third kappa shape index (κ3) is 4.85. The monoisotopic (exact) mass is 492 g/mol. The Morgan fingerprint density at radius 2 is 1.91 bits per heavy atom. The van der Waals surface area contributed by atoms with E-state index in [1.807, 2.05) is 0 Å². The van der Waals surface area contributed by atoms with Crippen LogP contribution >= 0.6 is 11.3 Å². The summed E-state index contributed by atoms with van der Waals surface area (Å²) in [6, 6.07) is 5.71. The number of fused-ring (bicyclic) bond motifs is 1. The van der Waals surface area contributed by atoms with Crippen LogP contribution in [0.1, 0.15) is 30.2 Å². The third-order valence-electron chi connectivity index (χ3n) is 5.86. The van der Waals surface area contributed by atoms with Gasteiger partial charge in [-0.3, -0.25) is 14.2 Å². The van der Waals surface area contributed by atoms with E-state index in [0.29, 0.717) is 34.3 Å². The first-order valence-electron chi connectivity index (χ1n) is 10.7. The summed E-state index contributed by atoms with van der Waals surface area (Å²) >= 11 is 1.16. The van der Waals surface area contributed by atoms with Gasteiger partial charge in [-0.2, -0.15) is 4.31 Å². The molecule has 8 nitrogen and oxygen atoms in total. The highest BCUT2D eigenvalue weighted by atomic mass is 32.2.